The number of ether oxygens (including phenoxy) is 3. The van der Waals surface area contributed by atoms with Gasteiger partial charge in [-0.15, -0.1) is 0 Å². The van der Waals surface area contributed by atoms with Crippen LogP contribution in [0.25, 0.3) is 0 Å². The summed E-state index contributed by atoms with van der Waals surface area (Å²) < 4.78 is 15.9. The van der Waals surface area contributed by atoms with E-state index >= 15 is 0 Å². The summed E-state index contributed by atoms with van der Waals surface area (Å²) in [5.74, 6) is 1.61. The Labute approximate surface area is 179 Å². The minimum absolute atomic E-state index is 0.0579. The van der Waals surface area contributed by atoms with Gasteiger partial charge in [-0.1, -0.05) is 19.8 Å². The van der Waals surface area contributed by atoms with Gasteiger partial charge in [0.1, 0.15) is 12.5 Å². The molecule has 1 aliphatic heterocycles. The number of nitrogens with one attached hydrogen (secondary N) is 2. The number of fused-ring (bicyclic) bond motifs is 1. The van der Waals surface area contributed by atoms with Crippen LogP contribution in [0.3, 0.4) is 0 Å². The fourth-order valence-corrected chi connectivity index (χ4v) is 4.88. The van der Waals surface area contributed by atoms with Crippen LogP contribution in [0, 0.1) is 5.92 Å². The molecule has 2 aliphatic rings. The Kier molecular flexibility index (Phi) is 7.58. The third kappa shape index (κ3) is 5.06. The van der Waals surface area contributed by atoms with Crippen molar-refractivity contribution in [3.63, 3.8) is 0 Å². The first-order chi connectivity index (χ1) is 14.5. The van der Waals surface area contributed by atoms with Gasteiger partial charge < -0.3 is 24.4 Å². The largest absolute Gasteiger partial charge is 0.493 e. The second kappa shape index (κ2) is 10.2. The van der Waals surface area contributed by atoms with Gasteiger partial charge in [-0.25, -0.2) is 0 Å². The Hall–Kier alpha value is -2.28. The number of esters is 1. The van der Waals surface area contributed by atoms with E-state index < -0.39 is 0 Å². The molecule has 0 aromatic heterocycles. The summed E-state index contributed by atoms with van der Waals surface area (Å²) in [5, 5.41) is 3.25. The standard InChI is InChI=1S/C23H34N2O5/c1-15-7-5-6-8-18(15)24-22(26)14-25-10-9-16-11-20(28-2)21(29-3)12-17(16)19(25)13-23(27)30-4/h11-12,15,18-19H,5-10,13-14H2,1-4H3,(H,24,26)/p+1/t15-,18-,19+/m1/s1. The first-order valence-electron chi connectivity index (χ1n) is 10.9. The van der Waals surface area contributed by atoms with Gasteiger partial charge in [0.05, 0.1) is 27.9 Å². The summed E-state index contributed by atoms with van der Waals surface area (Å²) in [6.45, 7) is 3.34. The molecule has 1 heterocycles. The van der Waals surface area contributed by atoms with Crippen LogP contribution in [0.2, 0.25) is 0 Å². The van der Waals surface area contributed by atoms with Crippen LogP contribution in [0.5, 0.6) is 11.5 Å². The van der Waals surface area contributed by atoms with Gasteiger partial charge in [0.15, 0.2) is 18.0 Å². The maximum absolute atomic E-state index is 12.9. The molecule has 1 saturated carbocycles. The quantitative estimate of drug-likeness (QED) is 0.654. The van der Waals surface area contributed by atoms with Crippen molar-refractivity contribution in [2.24, 2.45) is 5.92 Å². The first-order valence-corrected chi connectivity index (χ1v) is 10.9. The number of quaternary nitrogens is 1. The lowest BCUT2D eigenvalue weighted by molar-refractivity contribution is -0.925. The number of rotatable bonds is 7. The fraction of sp³-hybridized carbons (Fsp3) is 0.652. The molecule has 7 nitrogen and oxygen atoms in total. The number of hydrogen-bond donors (Lipinski definition) is 2. The second-order valence-electron chi connectivity index (χ2n) is 8.51. The van der Waals surface area contributed by atoms with Gasteiger partial charge in [-0.05, 0) is 36.5 Å². The van der Waals surface area contributed by atoms with E-state index in [0.29, 0.717) is 24.0 Å². The summed E-state index contributed by atoms with van der Waals surface area (Å²) in [6.07, 6.45) is 5.67. The molecule has 1 amide bonds. The zero-order valence-corrected chi connectivity index (χ0v) is 18.6. The van der Waals surface area contributed by atoms with Crippen LogP contribution in [0.1, 0.15) is 56.2 Å². The Bertz CT molecular complexity index is 766. The van der Waals surface area contributed by atoms with Crippen molar-refractivity contribution in [1.82, 2.24) is 5.32 Å². The van der Waals surface area contributed by atoms with Crippen LogP contribution >= 0.6 is 0 Å². The van der Waals surface area contributed by atoms with Crippen LogP contribution in [0.4, 0.5) is 0 Å². The summed E-state index contributed by atoms with van der Waals surface area (Å²) in [5.41, 5.74) is 2.16. The third-order valence-corrected chi connectivity index (χ3v) is 6.67. The van der Waals surface area contributed by atoms with Gasteiger partial charge in [0.2, 0.25) is 0 Å². The van der Waals surface area contributed by atoms with Gasteiger partial charge in [-0.3, -0.25) is 9.59 Å². The molecule has 166 valence electrons. The number of hydrogen-bond acceptors (Lipinski definition) is 5. The molecule has 7 heteroatoms. The summed E-state index contributed by atoms with van der Waals surface area (Å²) in [4.78, 5) is 26.1. The maximum Gasteiger partial charge on any atom is 0.311 e. The van der Waals surface area contributed by atoms with Crippen molar-refractivity contribution in [2.75, 3.05) is 34.4 Å². The lowest BCUT2D eigenvalue weighted by Gasteiger charge is -2.35. The van der Waals surface area contributed by atoms with E-state index in [9.17, 15) is 9.59 Å². The molecule has 0 spiro atoms. The van der Waals surface area contributed by atoms with Crippen LogP contribution < -0.4 is 19.7 Å². The van der Waals surface area contributed by atoms with Crippen LogP contribution in [-0.4, -0.2) is 52.3 Å². The number of methoxy groups -OCH3 is 3. The van der Waals surface area contributed by atoms with Crippen molar-refractivity contribution in [3.8, 4) is 11.5 Å². The molecule has 1 fully saturated rings. The lowest BCUT2D eigenvalue weighted by Crippen LogP contribution is -3.14. The third-order valence-electron chi connectivity index (χ3n) is 6.67. The highest BCUT2D eigenvalue weighted by molar-refractivity contribution is 5.77. The second-order valence-corrected chi connectivity index (χ2v) is 8.51. The van der Waals surface area contributed by atoms with Gasteiger partial charge in [0, 0.05) is 18.0 Å². The monoisotopic (exact) mass is 419 g/mol. The average molecular weight is 420 g/mol. The van der Waals surface area contributed by atoms with Crippen molar-refractivity contribution in [3.05, 3.63) is 23.3 Å². The zero-order valence-electron chi connectivity index (χ0n) is 18.6. The highest BCUT2D eigenvalue weighted by Crippen LogP contribution is 2.35. The normalized spacial score (nSPS) is 25.7. The molecule has 0 bridgehead atoms. The number of amides is 1. The highest BCUT2D eigenvalue weighted by Gasteiger charge is 2.36. The molecule has 4 atom stereocenters. The Morgan fingerprint density at radius 3 is 2.47 bits per heavy atom. The summed E-state index contributed by atoms with van der Waals surface area (Å²) >= 11 is 0. The number of carbonyl (C=O) groups is 2. The molecule has 1 aromatic carbocycles. The molecule has 1 aliphatic carbocycles. The predicted octanol–water partition coefficient (Wildman–Crippen LogP) is 1.44. The molecule has 0 saturated heterocycles. The van der Waals surface area contributed by atoms with Gasteiger partial charge in [0.25, 0.3) is 5.91 Å². The van der Waals surface area contributed by atoms with E-state index in [1.807, 2.05) is 12.1 Å². The lowest BCUT2D eigenvalue weighted by atomic mass is 9.86. The Morgan fingerprint density at radius 2 is 1.80 bits per heavy atom. The maximum atomic E-state index is 12.9. The Morgan fingerprint density at radius 1 is 1.10 bits per heavy atom. The molecular weight excluding hydrogens is 384 g/mol. The van der Waals surface area contributed by atoms with Crippen molar-refractivity contribution in [1.29, 1.82) is 0 Å². The summed E-state index contributed by atoms with van der Waals surface area (Å²) in [6, 6.07) is 4.03. The van der Waals surface area contributed by atoms with Crippen molar-refractivity contribution in [2.45, 2.75) is 57.5 Å². The zero-order chi connectivity index (χ0) is 21.7. The SMILES string of the molecule is COC(=O)C[C@H]1c2cc(OC)c(OC)cc2CC[NH+]1CC(=O)N[C@@H]1CCCC[C@H]1C. The van der Waals surface area contributed by atoms with Crippen LogP contribution in [-0.2, 0) is 20.7 Å². The molecule has 2 N–H and O–H groups in total. The number of carbonyl (C=O) groups excluding carboxylic acids is 2. The van der Waals surface area contributed by atoms with E-state index in [1.54, 1.807) is 14.2 Å². The van der Waals surface area contributed by atoms with E-state index in [4.69, 9.17) is 14.2 Å². The molecule has 0 radical (unpaired) electrons. The van der Waals surface area contributed by atoms with Crippen LogP contribution in [0.15, 0.2) is 12.1 Å². The topological polar surface area (TPSA) is 78.3 Å². The van der Waals surface area contributed by atoms with E-state index in [0.717, 1.165) is 35.4 Å². The average Bonchev–Trinajstić information content (AvgIpc) is 2.75. The Balaban J connectivity index is 1.80. The molecular formula is C23H35N2O5+. The molecule has 1 unspecified atom stereocenters. The van der Waals surface area contributed by atoms with Gasteiger partial charge >= 0.3 is 5.97 Å². The van der Waals surface area contributed by atoms with Crippen molar-refractivity contribution >= 4 is 11.9 Å². The predicted molar refractivity (Wildman–Crippen MR) is 113 cm³/mol. The number of benzene rings is 1. The molecule has 30 heavy (non-hydrogen) atoms. The van der Waals surface area contributed by atoms with Gasteiger partial charge in [-0.2, -0.15) is 0 Å². The smallest absolute Gasteiger partial charge is 0.311 e. The minimum Gasteiger partial charge on any atom is -0.493 e. The van der Waals surface area contributed by atoms with E-state index in [1.165, 1.54) is 26.4 Å². The first kappa shape index (κ1) is 22.4. The van der Waals surface area contributed by atoms with E-state index in [2.05, 4.69) is 12.2 Å². The fourth-order valence-electron chi connectivity index (χ4n) is 4.88. The molecule has 1 aromatic rings. The highest BCUT2D eigenvalue weighted by atomic mass is 16.5. The summed E-state index contributed by atoms with van der Waals surface area (Å²) in [7, 11) is 4.62. The molecule has 3 rings (SSSR count). The minimum atomic E-state index is -0.276. The van der Waals surface area contributed by atoms with Crippen molar-refractivity contribution < 1.29 is 28.7 Å². The van der Waals surface area contributed by atoms with E-state index in [-0.39, 0.29) is 30.4 Å².